The van der Waals surface area contributed by atoms with E-state index in [1.54, 1.807) is 6.26 Å². The van der Waals surface area contributed by atoms with Crippen LogP contribution >= 0.6 is 0 Å². The van der Waals surface area contributed by atoms with E-state index in [0.29, 0.717) is 0 Å². The number of aromatic nitrogens is 3. The van der Waals surface area contributed by atoms with Crippen molar-refractivity contribution in [2.45, 2.75) is 19.8 Å². The van der Waals surface area contributed by atoms with E-state index < -0.39 is 0 Å². The first-order chi connectivity index (χ1) is 8.31. The van der Waals surface area contributed by atoms with Crippen molar-refractivity contribution in [1.82, 2.24) is 14.6 Å². The molecule has 3 aromatic heterocycles. The maximum absolute atomic E-state index is 5.29. The molecule has 3 rings (SSSR count). The van der Waals surface area contributed by atoms with Gasteiger partial charge in [0, 0.05) is 19.0 Å². The number of nitrogens with zero attached hydrogens (tertiary/aromatic N) is 3. The van der Waals surface area contributed by atoms with Crippen molar-refractivity contribution in [3.63, 3.8) is 0 Å². The summed E-state index contributed by atoms with van der Waals surface area (Å²) in [5.74, 6) is 1.83. The van der Waals surface area contributed by atoms with Crippen molar-refractivity contribution in [3.05, 3.63) is 53.9 Å². The summed E-state index contributed by atoms with van der Waals surface area (Å²) in [7, 11) is 0. The molecular weight excluding hydrogens is 214 g/mol. The maximum Gasteiger partial charge on any atom is 0.155 e. The van der Waals surface area contributed by atoms with Gasteiger partial charge in [0.25, 0.3) is 0 Å². The summed E-state index contributed by atoms with van der Waals surface area (Å²) in [4.78, 5) is 4.46. The zero-order valence-electron chi connectivity index (χ0n) is 9.63. The SMILES string of the molecule is Cc1ccc2nc(CCc3ccco3)nn2c1. The van der Waals surface area contributed by atoms with Crippen LogP contribution in [0.3, 0.4) is 0 Å². The van der Waals surface area contributed by atoms with E-state index >= 15 is 0 Å². The normalized spacial score (nSPS) is 11.1. The van der Waals surface area contributed by atoms with E-state index in [0.717, 1.165) is 30.1 Å². The molecule has 0 amide bonds. The fraction of sp³-hybridized carbons (Fsp3) is 0.231. The van der Waals surface area contributed by atoms with Crippen molar-refractivity contribution in [2.24, 2.45) is 0 Å². The molecule has 4 nitrogen and oxygen atoms in total. The summed E-state index contributed by atoms with van der Waals surface area (Å²) in [5, 5.41) is 4.44. The number of fused-ring (bicyclic) bond motifs is 1. The van der Waals surface area contributed by atoms with E-state index in [-0.39, 0.29) is 0 Å². The first-order valence-electron chi connectivity index (χ1n) is 5.65. The summed E-state index contributed by atoms with van der Waals surface area (Å²) in [6.07, 6.45) is 5.31. The van der Waals surface area contributed by atoms with Crippen molar-refractivity contribution < 1.29 is 4.42 Å². The van der Waals surface area contributed by atoms with Crippen LogP contribution in [0.25, 0.3) is 5.65 Å². The summed E-state index contributed by atoms with van der Waals surface area (Å²) < 4.78 is 7.11. The quantitative estimate of drug-likeness (QED) is 0.690. The molecule has 0 atom stereocenters. The Hall–Kier alpha value is -2.10. The van der Waals surface area contributed by atoms with Crippen LogP contribution in [-0.4, -0.2) is 14.6 Å². The third-order valence-corrected chi connectivity index (χ3v) is 2.70. The van der Waals surface area contributed by atoms with Gasteiger partial charge in [-0.05, 0) is 30.7 Å². The Morgan fingerprint density at radius 2 is 2.18 bits per heavy atom. The Balaban J connectivity index is 1.81. The Morgan fingerprint density at radius 3 is 3.00 bits per heavy atom. The number of rotatable bonds is 3. The van der Waals surface area contributed by atoms with E-state index in [1.807, 2.05) is 41.9 Å². The van der Waals surface area contributed by atoms with Gasteiger partial charge in [0.1, 0.15) is 5.76 Å². The smallest absolute Gasteiger partial charge is 0.155 e. The molecule has 17 heavy (non-hydrogen) atoms. The van der Waals surface area contributed by atoms with Crippen molar-refractivity contribution in [1.29, 1.82) is 0 Å². The highest BCUT2D eigenvalue weighted by atomic mass is 16.3. The monoisotopic (exact) mass is 227 g/mol. The van der Waals surface area contributed by atoms with Crippen LogP contribution in [0.1, 0.15) is 17.1 Å². The second kappa shape index (κ2) is 4.05. The van der Waals surface area contributed by atoms with Gasteiger partial charge < -0.3 is 4.42 Å². The molecule has 0 aliphatic carbocycles. The summed E-state index contributed by atoms with van der Waals surface area (Å²) in [6, 6.07) is 7.90. The molecule has 86 valence electrons. The molecule has 4 heteroatoms. The molecule has 0 aliphatic rings. The molecule has 0 bridgehead atoms. The number of hydrogen-bond donors (Lipinski definition) is 0. The lowest BCUT2D eigenvalue weighted by molar-refractivity contribution is 0.506. The van der Waals surface area contributed by atoms with Gasteiger partial charge >= 0.3 is 0 Å². The third kappa shape index (κ3) is 2.06. The largest absolute Gasteiger partial charge is 0.469 e. The standard InChI is InChI=1S/C13H13N3O/c1-10-4-7-13-14-12(15-16(13)9-10)6-5-11-3-2-8-17-11/h2-4,7-9H,5-6H2,1H3. The number of aryl methyl sites for hydroxylation is 3. The van der Waals surface area contributed by atoms with Gasteiger partial charge in [0.05, 0.1) is 6.26 Å². The van der Waals surface area contributed by atoms with E-state index in [1.165, 1.54) is 5.56 Å². The lowest BCUT2D eigenvalue weighted by Crippen LogP contribution is -1.93. The highest BCUT2D eigenvalue weighted by molar-refractivity contribution is 5.38. The zero-order valence-corrected chi connectivity index (χ0v) is 9.63. The fourth-order valence-corrected chi connectivity index (χ4v) is 1.83. The molecule has 0 spiro atoms. The Labute approximate surface area is 98.9 Å². The minimum atomic E-state index is 0.800. The zero-order chi connectivity index (χ0) is 11.7. The molecule has 0 fully saturated rings. The van der Waals surface area contributed by atoms with Crippen LogP contribution in [0, 0.1) is 6.92 Å². The van der Waals surface area contributed by atoms with Crippen LogP contribution in [-0.2, 0) is 12.8 Å². The van der Waals surface area contributed by atoms with Gasteiger partial charge in [-0.15, -0.1) is 0 Å². The van der Waals surface area contributed by atoms with E-state index in [4.69, 9.17) is 4.42 Å². The lowest BCUT2D eigenvalue weighted by atomic mass is 10.2. The van der Waals surface area contributed by atoms with Crippen molar-refractivity contribution in [2.75, 3.05) is 0 Å². The minimum absolute atomic E-state index is 0.800. The maximum atomic E-state index is 5.29. The lowest BCUT2D eigenvalue weighted by Gasteiger charge is -1.92. The van der Waals surface area contributed by atoms with Gasteiger partial charge in [-0.2, -0.15) is 5.10 Å². The van der Waals surface area contributed by atoms with Crippen LogP contribution in [0.2, 0.25) is 0 Å². The molecule has 3 aromatic rings. The molecule has 0 aliphatic heterocycles. The second-order valence-corrected chi connectivity index (χ2v) is 4.12. The van der Waals surface area contributed by atoms with Gasteiger partial charge in [0.15, 0.2) is 11.5 Å². The summed E-state index contributed by atoms with van der Waals surface area (Å²) in [6.45, 7) is 2.05. The molecular formula is C13H13N3O. The predicted octanol–water partition coefficient (Wildman–Crippen LogP) is 2.42. The Bertz CT molecular complexity index is 625. The first kappa shape index (κ1) is 10.1. The van der Waals surface area contributed by atoms with Gasteiger partial charge in [-0.1, -0.05) is 6.07 Å². The summed E-state index contributed by atoms with van der Waals surface area (Å²) >= 11 is 0. The predicted molar refractivity (Wildman–Crippen MR) is 63.8 cm³/mol. The minimum Gasteiger partial charge on any atom is -0.469 e. The second-order valence-electron chi connectivity index (χ2n) is 4.12. The summed E-state index contributed by atoms with van der Waals surface area (Å²) in [5.41, 5.74) is 2.07. The van der Waals surface area contributed by atoms with Gasteiger partial charge in [-0.3, -0.25) is 0 Å². The molecule has 0 saturated heterocycles. The van der Waals surface area contributed by atoms with Gasteiger partial charge in [0.2, 0.25) is 0 Å². The number of furan rings is 1. The average molecular weight is 227 g/mol. The average Bonchev–Trinajstić information content (AvgIpc) is 2.94. The Morgan fingerprint density at radius 1 is 1.24 bits per heavy atom. The molecule has 0 aromatic carbocycles. The molecule has 0 unspecified atom stereocenters. The number of pyridine rings is 1. The molecule has 0 radical (unpaired) electrons. The third-order valence-electron chi connectivity index (χ3n) is 2.70. The molecule has 3 heterocycles. The van der Waals surface area contributed by atoms with Crippen LogP contribution in [0.15, 0.2) is 41.1 Å². The topological polar surface area (TPSA) is 43.3 Å². The highest BCUT2D eigenvalue weighted by Gasteiger charge is 2.04. The van der Waals surface area contributed by atoms with Crippen LogP contribution in [0.5, 0.6) is 0 Å². The highest BCUT2D eigenvalue weighted by Crippen LogP contribution is 2.08. The number of hydrogen-bond acceptors (Lipinski definition) is 3. The van der Waals surface area contributed by atoms with Crippen LogP contribution < -0.4 is 0 Å². The van der Waals surface area contributed by atoms with Crippen LogP contribution in [0.4, 0.5) is 0 Å². The van der Waals surface area contributed by atoms with E-state index in [2.05, 4.69) is 10.1 Å². The first-order valence-corrected chi connectivity index (χ1v) is 5.65. The molecule has 0 saturated carbocycles. The Kier molecular flexibility index (Phi) is 2.40. The van der Waals surface area contributed by atoms with Crippen molar-refractivity contribution in [3.8, 4) is 0 Å². The van der Waals surface area contributed by atoms with Gasteiger partial charge in [-0.25, -0.2) is 9.50 Å². The van der Waals surface area contributed by atoms with Crippen molar-refractivity contribution >= 4 is 5.65 Å². The van der Waals surface area contributed by atoms with E-state index in [9.17, 15) is 0 Å². The fourth-order valence-electron chi connectivity index (χ4n) is 1.83. The molecule has 0 N–H and O–H groups in total.